The minimum atomic E-state index is 0.0304. The van der Waals surface area contributed by atoms with Gasteiger partial charge >= 0.3 is 0 Å². The van der Waals surface area contributed by atoms with Crippen LogP contribution in [-0.4, -0.2) is 16.2 Å². The summed E-state index contributed by atoms with van der Waals surface area (Å²) < 4.78 is 7.45. The number of fused-ring (bicyclic) bond motifs is 1. The summed E-state index contributed by atoms with van der Waals surface area (Å²) in [5.41, 5.74) is 2.37. The lowest BCUT2D eigenvalue weighted by molar-refractivity contribution is 0.303. The van der Waals surface area contributed by atoms with Crippen LogP contribution in [0.4, 0.5) is 0 Å². The molecule has 2 aromatic carbocycles. The largest absolute Gasteiger partial charge is 0.494 e. The molecule has 0 fully saturated rings. The van der Waals surface area contributed by atoms with Gasteiger partial charge in [0.15, 0.2) is 0 Å². The van der Waals surface area contributed by atoms with Crippen molar-refractivity contribution in [2.75, 3.05) is 6.61 Å². The zero-order valence-electron chi connectivity index (χ0n) is 15.8. The highest BCUT2D eigenvalue weighted by Crippen LogP contribution is 2.30. The van der Waals surface area contributed by atoms with Crippen LogP contribution in [0.25, 0.3) is 20.7 Å². The van der Waals surface area contributed by atoms with Crippen molar-refractivity contribution in [3.8, 4) is 16.2 Å². The quantitative estimate of drug-likeness (QED) is 0.403. The van der Waals surface area contributed by atoms with E-state index in [1.807, 2.05) is 48.5 Å². The van der Waals surface area contributed by atoms with Crippen LogP contribution >= 0.6 is 11.3 Å². The zero-order valence-corrected chi connectivity index (χ0v) is 16.6. The van der Waals surface area contributed by atoms with Gasteiger partial charge in [0.25, 0.3) is 5.56 Å². The molecule has 0 unspecified atom stereocenters. The summed E-state index contributed by atoms with van der Waals surface area (Å²) in [7, 11) is 0. The first kappa shape index (κ1) is 18.4. The van der Waals surface area contributed by atoms with Crippen LogP contribution in [0.15, 0.2) is 71.8 Å². The monoisotopic (exact) mass is 390 g/mol. The zero-order chi connectivity index (χ0) is 19.3. The van der Waals surface area contributed by atoms with Crippen molar-refractivity contribution in [3.63, 3.8) is 0 Å². The molecule has 0 amide bonds. The molecule has 2 heterocycles. The molecule has 0 N–H and O–H groups in total. The van der Waals surface area contributed by atoms with Gasteiger partial charge in [-0.15, -0.1) is 11.3 Å². The molecule has 0 spiro atoms. The number of rotatable bonds is 7. The molecule has 0 saturated heterocycles. The first-order valence-electron chi connectivity index (χ1n) is 9.44. The Labute approximate surface area is 168 Å². The van der Waals surface area contributed by atoms with Crippen LogP contribution in [0.5, 0.6) is 5.75 Å². The topological polar surface area (TPSA) is 44.1 Å². The second kappa shape index (κ2) is 8.40. The van der Waals surface area contributed by atoms with Gasteiger partial charge in [-0.3, -0.25) is 9.36 Å². The van der Waals surface area contributed by atoms with E-state index in [2.05, 4.69) is 24.0 Å². The third-order valence-electron chi connectivity index (χ3n) is 4.66. The Morgan fingerprint density at radius 1 is 1.04 bits per heavy atom. The van der Waals surface area contributed by atoms with Crippen molar-refractivity contribution in [2.45, 2.75) is 26.3 Å². The van der Waals surface area contributed by atoms with Gasteiger partial charge in [-0.25, -0.2) is 4.98 Å². The first-order chi connectivity index (χ1) is 13.7. The molecule has 4 aromatic rings. The van der Waals surface area contributed by atoms with Gasteiger partial charge in [0, 0.05) is 11.4 Å². The van der Waals surface area contributed by atoms with Crippen molar-refractivity contribution in [3.05, 3.63) is 82.9 Å². The molecule has 0 bridgehead atoms. The molecule has 0 radical (unpaired) electrons. The Morgan fingerprint density at radius 2 is 1.82 bits per heavy atom. The van der Waals surface area contributed by atoms with E-state index in [1.54, 1.807) is 22.2 Å². The fourth-order valence-electron chi connectivity index (χ4n) is 3.07. The summed E-state index contributed by atoms with van der Waals surface area (Å²) in [5.74, 6) is 0.887. The van der Waals surface area contributed by atoms with Gasteiger partial charge in [0.2, 0.25) is 0 Å². The maximum Gasteiger partial charge on any atom is 0.262 e. The van der Waals surface area contributed by atoms with Crippen molar-refractivity contribution >= 4 is 21.6 Å². The van der Waals surface area contributed by atoms with E-state index < -0.39 is 0 Å². The smallest absolute Gasteiger partial charge is 0.262 e. The van der Waals surface area contributed by atoms with E-state index in [-0.39, 0.29) is 5.56 Å². The number of hydrogen-bond acceptors (Lipinski definition) is 4. The maximum atomic E-state index is 12.8. The number of hydrogen-bond donors (Lipinski definition) is 0. The third-order valence-corrected chi connectivity index (χ3v) is 5.75. The van der Waals surface area contributed by atoms with Gasteiger partial charge in [-0.2, -0.15) is 0 Å². The van der Waals surface area contributed by atoms with Gasteiger partial charge < -0.3 is 4.74 Å². The predicted molar refractivity (Wildman–Crippen MR) is 115 cm³/mol. The van der Waals surface area contributed by atoms with E-state index >= 15 is 0 Å². The van der Waals surface area contributed by atoms with Gasteiger partial charge in [0.1, 0.15) is 10.6 Å². The number of unbranched alkanes of at least 4 members (excludes halogenated alkanes) is 1. The van der Waals surface area contributed by atoms with Crippen LogP contribution in [0.1, 0.15) is 18.4 Å². The van der Waals surface area contributed by atoms with Crippen molar-refractivity contribution in [1.29, 1.82) is 0 Å². The molecule has 0 aliphatic rings. The van der Waals surface area contributed by atoms with E-state index in [0.29, 0.717) is 18.5 Å². The molecule has 4 rings (SSSR count). The number of aryl methyl sites for hydroxylation is 2. The Kier molecular flexibility index (Phi) is 5.53. The lowest BCUT2D eigenvalue weighted by Gasteiger charge is -2.07. The first-order valence-corrected chi connectivity index (χ1v) is 10.3. The SMILES string of the molecule is Cc1ccc(OCCCCn2cnc3sc(-c4ccccc4)cc3c2=O)cc1. The highest BCUT2D eigenvalue weighted by molar-refractivity contribution is 7.21. The van der Waals surface area contributed by atoms with Crippen LogP contribution in [0.2, 0.25) is 0 Å². The van der Waals surface area contributed by atoms with E-state index in [0.717, 1.165) is 33.9 Å². The lowest BCUT2D eigenvalue weighted by Crippen LogP contribution is -2.20. The van der Waals surface area contributed by atoms with Crippen LogP contribution < -0.4 is 10.3 Å². The number of aromatic nitrogens is 2. The summed E-state index contributed by atoms with van der Waals surface area (Å²) in [6.45, 7) is 3.35. The summed E-state index contributed by atoms with van der Waals surface area (Å²) in [6, 6.07) is 20.1. The Bertz CT molecular complexity index is 1120. The Balaban J connectivity index is 1.38. The minimum absolute atomic E-state index is 0.0304. The molecule has 0 aliphatic heterocycles. The highest BCUT2D eigenvalue weighted by Gasteiger charge is 2.10. The average molecular weight is 391 g/mol. The van der Waals surface area contributed by atoms with Gasteiger partial charge in [-0.05, 0) is 43.5 Å². The molecule has 0 atom stereocenters. The second-order valence-corrected chi connectivity index (χ2v) is 7.84. The predicted octanol–water partition coefficient (Wildman–Crippen LogP) is 5.29. The van der Waals surface area contributed by atoms with Crippen molar-refractivity contribution in [1.82, 2.24) is 9.55 Å². The van der Waals surface area contributed by atoms with Crippen LogP contribution in [-0.2, 0) is 6.54 Å². The van der Waals surface area contributed by atoms with E-state index in [1.165, 1.54) is 5.56 Å². The summed E-state index contributed by atoms with van der Waals surface area (Å²) in [6.07, 6.45) is 3.42. The number of ether oxygens (including phenoxy) is 1. The van der Waals surface area contributed by atoms with Gasteiger partial charge in [-0.1, -0.05) is 48.0 Å². The second-order valence-electron chi connectivity index (χ2n) is 6.81. The third kappa shape index (κ3) is 4.15. The highest BCUT2D eigenvalue weighted by atomic mass is 32.1. The number of thiophene rings is 1. The molecule has 4 nitrogen and oxygen atoms in total. The molecule has 142 valence electrons. The number of benzene rings is 2. The normalized spacial score (nSPS) is 11.0. The molecule has 2 aromatic heterocycles. The Hall–Kier alpha value is -2.92. The molecular formula is C23H22N2O2S. The average Bonchev–Trinajstić information content (AvgIpc) is 3.17. The Morgan fingerprint density at radius 3 is 2.61 bits per heavy atom. The summed E-state index contributed by atoms with van der Waals surface area (Å²) in [5, 5.41) is 0.697. The van der Waals surface area contributed by atoms with Crippen LogP contribution in [0, 0.1) is 6.92 Å². The lowest BCUT2D eigenvalue weighted by atomic mass is 10.2. The molecule has 0 saturated carbocycles. The van der Waals surface area contributed by atoms with Crippen molar-refractivity contribution < 1.29 is 4.74 Å². The molecular weight excluding hydrogens is 368 g/mol. The molecule has 28 heavy (non-hydrogen) atoms. The van der Waals surface area contributed by atoms with E-state index in [4.69, 9.17) is 4.74 Å². The van der Waals surface area contributed by atoms with E-state index in [9.17, 15) is 4.79 Å². The fourth-order valence-corrected chi connectivity index (χ4v) is 4.07. The summed E-state index contributed by atoms with van der Waals surface area (Å²) in [4.78, 5) is 19.1. The summed E-state index contributed by atoms with van der Waals surface area (Å²) >= 11 is 1.56. The molecule has 5 heteroatoms. The molecule has 0 aliphatic carbocycles. The number of nitrogens with zero attached hydrogens (tertiary/aromatic N) is 2. The maximum absolute atomic E-state index is 12.8. The standard InChI is InChI=1S/C23H22N2O2S/c1-17-9-11-19(12-10-17)27-14-6-5-13-25-16-24-22-20(23(25)26)15-21(28-22)18-7-3-2-4-8-18/h2-4,7-12,15-16H,5-6,13-14H2,1H3. The van der Waals surface area contributed by atoms with Crippen molar-refractivity contribution in [2.24, 2.45) is 0 Å². The minimum Gasteiger partial charge on any atom is -0.494 e. The fraction of sp³-hybridized carbons (Fsp3) is 0.217. The van der Waals surface area contributed by atoms with Gasteiger partial charge in [0.05, 0.1) is 18.3 Å². The van der Waals surface area contributed by atoms with Crippen LogP contribution in [0.3, 0.4) is 0 Å².